The number of amides is 1. The highest BCUT2D eigenvalue weighted by Crippen LogP contribution is 2.24. The molecule has 3 aromatic rings. The summed E-state index contributed by atoms with van der Waals surface area (Å²) in [5.41, 5.74) is 3.55. The summed E-state index contributed by atoms with van der Waals surface area (Å²) in [6.45, 7) is 2.56. The van der Waals surface area contributed by atoms with Crippen molar-refractivity contribution in [3.63, 3.8) is 0 Å². The number of hydrogen-bond acceptors (Lipinski definition) is 5. The van der Waals surface area contributed by atoms with Gasteiger partial charge in [-0.05, 0) is 37.0 Å². The highest BCUT2D eigenvalue weighted by atomic mass is 35.5. The standard InChI is InChI=1S/C20H22ClN5O2/c1-28-13-20(27)25-6-4-14(5-7-25)11-26-12-16(10-23-26)15-8-18-17(22-9-15)2-3-19(21)24-18/h2-3,8-10,12,14H,4-7,11,13H2,1H3. The van der Waals surface area contributed by atoms with Gasteiger partial charge < -0.3 is 9.64 Å². The highest BCUT2D eigenvalue weighted by Gasteiger charge is 2.23. The fourth-order valence-corrected chi connectivity index (χ4v) is 3.75. The summed E-state index contributed by atoms with van der Waals surface area (Å²) in [4.78, 5) is 22.6. The lowest BCUT2D eigenvalue weighted by Gasteiger charge is -2.31. The fourth-order valence-electron chi connectivity index (χ4n) is 3.60. The van der Waals surface area contributed by atoms with Crippen LogP contribution in [0.4, 0.5) is 0 Å². The Labute approximate surface area is 168 Å². The molecule has 1 saturated heterocycles. The first-order chi connectivity index (χ1) is 13.6. The summed E-state index contributed by atoms with van der Waals surface area (Å²) in [7, 11) is 1.55. The zero-order valence-electron chi connectivity index (χ0n) is 15.7. The molecule has 0 radical (unpaired) electrons. The Kier molecular flexibility index (Phi) is 5.54. The van der Waals surface area contributed by atoms with Gasteiger partial charge in [0.2, 0.25) is 5.91 Å². The zero-order valence-corrected chi connectivity index (χ0v) is 16.5. The molecule has 1 aliphatic rings. The lowest BCUT2D eigenvalue weighted by atomic mass is 9.97. The molecule has 1 amide bonds. The molecule has 146 valence electrons. The van der Waals surface area contributed by atoms with Crippen molar-refractivity contribution in [3.8, 4) is 11.1 Å². The van der Waals surface area contributed by atoms with Crippen molar-refractivity contribution in [1.29, 1.82) is 0 Å². The Hall–Kier alpha value is -2.51. The number of methoxy groups -OCH3 is 1. The number of nitrogens with zero attached hydrogens (tertiary/aromatic N) is 5. The summed E-state index contributed by atoms with van der Waals surface area (Å²) in [6.07, 6.45) is 7.68. The van der Waals surface area contributed by atoms with Crippen molar-refractivity contribution in [2.75, 3.05) is 26.8 Å². The van der Waals surface area contributed by atoms with Crippen LogP contribution in [0.2, 0.25) is 5.15 Å². The molecule has 0 unspecified atom stereocenters. The predicted molar refractivity (Wildman–Crippen MR) is 107 cm³/mol. The first-order valence-electron chi connectivity index (χ1n) is 9.34. The fraction of sp³-hybridized carbons (Fsp3) is 0.400. The van der Waals surface area contributed by atoms with Crippen LogP contribution in [0.25, 0.3) is 22.2 Å². The first kappa shape index (κ1) is 18.8. The molecule has 0 spiro atoms. The topological polar surface area (TPSA) is 73.1 Å². The van der Waals surface area contributed by atoms with E-state index in [0.29, 0.717) is 11.1 Å². The normalized spacial score (nSPS) is 15.3. The number of hydrogen-bond donors (Lipinski definition) is 0. The van der Waals surface area contributed by atoms with Crippen molar-refractivity contribution in [2.45, 2.75) is 19.4 Å². The molecule has 4 rings (SSSR count). The van der Waals surface area contributed by atoms with Gasteiger partial charge in [-0.3, -0.25) is 14.5 Å². The first-order valence-corrected chi connectivity index (χ1v) is 9.72. The maximum Gasteiger partial charge on any atom is 0.248 e. The van der Waals surface area contributed by atoms with E-state index in [1.807, 2.05) is 40.3 Å². The SMILES string of the molecule is COCC(=O)N1CCC(Cn2cc(-c3cnc4ccc(Cl)nc4c3)cn2)CC1. The Morgan fingerprint density at radius 3 is 2.82 bits per heavy atom. The Balaban J connectivity index is 1.41. The zero-order chi connectivity index (χ0) is 19.5. The Morgan fingerprint density at radius 2 is 2.04 bits per heavy atom. The van der Waals surface area contributed by atoms with Crippen LogP contribution in [0.3, 0.4) is 0 Å². The third-order valence-electron chi connectivity index (χ3n) is 5.15. The number of halogens is 1. The van der Waals surface area contributed by atoms with Crippen LogP contribution in [0.5, 0.6) is 0 Å². The Bertz CT molecular complexity index is 982. The van der Waals surface area contributed by atoms with Crippen molar-refractivity contribution in [2.24, 2.45) is 5.92 Å². The van der Waals surface area contributed by atoms with E-state index < -0.39 is 0 Å². The van der Waals surface area contributed by atoms with Gasteiger partial charge in [0.25, 0.3) is 0 Å². The van der Waals surface area contributed by atoms with Crippen molar-refractivity contribution < 1.29 is 9.53 Å². The molecule has 3 aromatic heterocycles. The van der Waals surface area contributed by atoms with Crippen LogP contribution in [-0.2, 0) is 16.1 Å². The van der Waals surface area contributed by atoms with Crippen LogP contribution < -0.4 is 0 Å². The predicted octanol–water partition coefficient (Wildman–Crippen LogP) is 3.03. The lowest BCUT2D eigenvalue weighted by Crippen LogP contribution is -2.41. The number of ether oxygens (including phenoxy) is 1. The number of fused-ring (bicyclic) bond motifs is 1. The maximum atomic E-state index is 11.9. The van der Waals surface area contributed by atoms with E-state index >= 15 is 0 Å². The molecule has 0 atom stereocenters. The van der Waals surface area contributed by atoms with Gasteiger partial charge in [-0.15, -0.1) is 0 Å². The second kappa shape index (κ2) is 8.24. The molecule has 0 aromatic carbocycles. The van der Waals surface area contributed by atoms with Gasteiger partial charge >= 0.3 is 0 Å². The second-order valence-corrected chi connectivity index (χ2v) is 7.49. The summed E-state index contributed by atoms with van der Waals surface area (Å²) < 4.78 is 6.91. The minimum absolute atomic E-state index is 0.0693. The molecule has 1 fully saturated rings. The molecule has 8 heteroatoms. The summed E-state index contributed by atoms with van der Waals surface area (Å²) in [5, 5.41) is 4.97. The molecule has 1 aliphatic heterocycles. The number of aromatic nitrogens is 4. The molecule has 0 N–H and O–H groups in total. The Morgan fingerprint density at radius 1 is 1.21 bits per heavy atom. The summed E-state index contributed by atoms with van der Waals surface area (Å²) in [6, 6.07) is 5.58. The van der Waals surface area contributed by atoms with Crippen LogP contribution >= 0.6 is 11.6 Å². The molecule has 28 heavy (non-hydrogen) atoms. The van der Waals surface area contributed by atoms with E-state index in [-0.39, 0.29) is 12.5 Å². The lowest BCUT2D eigenvalue weighted by molar-refractivity contribution is -0.136. The van der Waals surface area contributed by atoms with Crippen molar-refractivity contribution in [3.05, 3.63) is 41.9 Å². The van der Waals surface area contributed by atoms with Gasteiger partial charge in [-0.1, -0.05) is 11.6 Å². The number of carbonyl (C=O) groups is 1. The molecule has 0 saturated carbocycles. The second-order valence-electron chi connectivity index (χ2n) is 7.10. The van der Waals surface area contributed by atoms with E-state index in [2.05, 4.69) is 15.1 Å². The minimum Gasteiger partial charge on any atom is -0.375 e. The van der Waals surface area contributed by atoms with Crippen LogP contribution in [0, 0.1) is 5.92 Å². The third kappa shape index (κ3) is 4.15. The molecular formula is C20H22ClN5O2. The van der Waals surface area contributed by atoms with E-state index in [1.165, 1.54) is 0 Å². The average molecular weight is 400 g/mol. The highest BCUT2D eigenvalue weighted by molar-refractivity contribution is 6.29. The number of pyridine rings is 2. The van der Waals surface area contributed by atoms with Crippen LogP contribution in [-0.4, -0.2) is 57.4 Å². The number of likely N-dealkylation sites (tertiary alicyclic amines) is 1. The minimum atomic E-state index is 0.0693. The quantitative estimate of drug-likeness (QED) is 0.616. The van der Waals surface area contributed by atoms with Gasteiger partial charge in [0.1, 0.15) is 11.8 Å². The molecular weight excluding hydrogens is 378 g/mol. The van der Waals surface area contributed by atoms with Gasteiger partial charge in [0.15, 0.2) is 0 Å². The van der Waals surface area contributed by atoms with E-state index in [0.717, 1.165) is 54.6 Å². The van der Waals surface area contributed by atoms with Crippen LogP contribution in [0.15, 0.2) is 36.8 Å². The molecule has 0 bridgehead atoms. The maximum absolute atomic E-state index is 11.9. The van der Waals surface area contributed by atoms with E-state index in [4.69, 9.17) is 16.3 Å². The third-order valence-corrected chi connectivity index (χ3v) is 5.36. The average Bonchev–Trinajstić information content (AvgIpc) is 3.16. The van der Waals surface area contributed by atoms with E-state index in [1.54, 1.807) is 13.2 Å². The summed E-state index contributed by atoms with van der Waals surface area (Å²) in [5.74, 6) is 0.578. The van der Waals surface area contributed by atoms with Crippen molar-refractivity contribution in [1.82, 2.24) is 24.6 Å². The molecule has 0 aliphatic carbocycles. The summed E-state index contributed by atoms with van der Waals surface area (Å²) >= 11 is 5.99. The number of piperidine rings is 1. The van der Waals surface area contributed by atoms with Gasteiger partial charge in [-0.25, -0.2) is 4.98 Å². The smallest absolute Gasteiger partial charge is 0.248 e. The van der Waals surface area contributed by atoms with Gasteiger partial charge in [0.05, 0.1) is 17.2 Å². The van der Waals surface area contributed by atoms with E-state index in [9.17, 15) is 4.79 Å². The van der Waals surface area contributed by atoms with Gasteiger partial charge in [0, 0.05) is 50.3 Å². The largest absolute Gasteiger partial charge is 0.375 e. The molecule has 4 heterocycles. The van der Waals surface area contributed by atoms with Crippen molar-refractivity contribution >= 4 is 28.5 Å². The van der Waals surface area contributed by atoms with Gasteiger partial charge in [-0.2, -0.15) is 5.10 Å². The number of rotatable bonds is 5. The monoisotopic (exact) mass is 399 g/mol. The molecule has 7 nitrogen and oxygen atoms in total. The van der Waals surface area contributed by atoms with Crippen LogP contribution in [0.1, 0.15) is 12.8 Å². The number of carbonyl (C=O) groups excluding carboxylic acids is 1.